The first-order chi connectivity index (χ1) is 12.0. The summed E-state index contributed by atoms with van der Waals surface area (Å²) in [6, 6.07) is 6.50. The molecule has 2 rings (SSSR count). The Bertz CT molecular complexity index is 622. The number of carbonyl (C=O) groups is 1. The summed E-state index contributed by atoms with van der Waals surface area (Å²) in [6.45, 7) is 12.0. The minimum atomic E-state index is -0.0264. The maximum Gasteiger partial charge on any atom is 0.216 e. The van der Waals surface area contributed by atoms with Crippen molar-refractivity contribution in [1.82, 2.24) is 15.5 Å². The van der Waals surface area contributed by atoms with E-state index in [-0.39, 0.29) is 36.0 Å². The van der Waals surface area contributed by atoms with Crippen LogP contribution >= 0.6 is 24.0 Å². The number of amides is 1. The molecule has 1 unspecified atom stereocenters. The molecule has 1 aliphatic rings. The van der Waals surface area contributed by atoms with Crippen LogP contribution in [-0.4, -0.2) is 56.1 Å². The van der Waals surface area contributed by atoms with Crippen LogP contribution in [0.3, 0.4) is 0 Å². The van der Waals surface area contributed by atoms with Gasteiger partial charge in [-0.25, -0.2) is 0 Å². The van der Waals surface area contributed by atoms with Crippen LogP contribution in [0.2, 0.25) is 0 Å². The standard InChI is InChI=1S/C19H30N4O2.HI/c1-5-20-19(22-9-8-21-16(4)24)23-10-11-25-18(13-23)17-7-6-14(2)12-15(17)3;/h6-7,12,18H,5,8-11,13H2,1-4H3,(H,20,22)(H,21,24);1H. The van der Waals surface area contributed by atoms with Gasteiger partial charge in [0.1, 0.15) is 6.10 Å². The van der Waals surface area contributed by atoms with E-state index in [0.29, 0.717) is 19.7 Å². The molecule has 0 bridgehead atoms. The number of hydrogen-bond acceptors (Lipinski definition) is 3. The van der Waals surface area contributed by atoms with E-state index in [1.165, 1.54) is 23.6 Å². The molecule has 1 aromatic carbocycles. The number of nitrogens with one attached hydrogen (secondary N) is 2. The summed E-state index contributed by atoms with van der Waals surface area (Å²) in [7, 11) is 0. The van der Waals surface area contributed by atoms with E-state index in [4.69, 9.17) is 4.74 Å². The van der Waals surface area contributed by atoms with Crippen LogP contribution < -0.4 is 10.6 Å². The number of aliphatic imine (C=N–C) groups is 1. The smallest absolute Gasteiger partial charge is 0.216 e. The number of hydrogen-bond donors (Lipinski definition) is 2. The molecule has 1 aliphatic heterocycles. The highest BCUT2D eigenvalue weighted by Crippen LogP contribution is 2.25. The maximum absolute atomic E-state index is 11.0. The minimum absolute atomic E-state index is 0. The average molecular weight is 474 g/mol. The van der Waals surface area contributed by atoms with Gasteiger partial charge in [-0.2, -0.15) is 0 Å². The first-order valence-electron chi connectivity index (χ1n) is 8.97. The monoisotopic (exact) mass is 474 g/mol. The van der Waals surface area contributed by atoms with Crippen molar-refractivity contribution in [2.45, 2.75) is 33.8 Å². The Morgan fingerprint density at radius 3 is 2.77 bits per heavy atom. The molecule has 1 atom stereocenters. The number of aryl methyl sites for hydroxylation is 2. The van der Waals surface area contributed by atoms with Crippen LogP contribution in [0.15, 0.2) is 23.2 Å². The normalized spacial score (nSPS) is 17.5. The molecule has 0 saturated carbocycles. The Balaban J connectivity index is 0.00000338. The second-order valence-corrected chi connectivity index (χ2v) is 6.38. The largest absolute Gasteiger partial charge is 0.370 e. The van der Waals surface area contributed by atoms with Gasteiger partial charge in [0.25, 0.3) is 0 Å². The van der Waals surface area contributed by atoms with Crippen molar-refractivity contribution in [3.8, 4) is 0 Å². The number of guanidine groups is 1. The van der Waals surface area contributed by atoms with Gasteiger partial charge in [0.05, 0.1) is 19.7 Å². The van der Waals surface area contributed by atoms with Crippen LogP contribution in [0, 0.1) is 13.8 Å². The summed E-state index contributed by atoms with van der Waals surface area (Å²) >= 11 is 0. The van der Waals surface area contributed by atoms with Gasteiger partial charge in [0.2, 0.25) is 5.91 Å². The second-order valence-electron chi connectivity index (χ2n) is 6.38. The average Bonchev–Trinajstić information content (AvgIpc) is 2.57. The van der Waals surface area contributed by atoms with E-state index >= 15 is 0 Å². The molecule has 2 N–H and O–H groups in total. The van der Waals surface area contributed by atoms with E-state index in [0.717, 1.165) is 25.6 Å². The quantitative estimate of drug-likeness (QED) is 0.298. The number of rotatable bonds is 5. The zero-order chi connectivity index (χ0) is 18.2. The first kappa shape index (κ1) is 22.7. The lowest BCUT2D eigenvalue weighted by molar-refractivity contribution is -0.118. The highest BCUT2D eigenvalue weighted by molar-refractivity contribution is 14.0. The Hall–Kier alpha value is -1.35. The Kier molecular flexibility index (Phi) is 9.93. The molecule has 1 aromatic rings. The van der Waals surface area contributed by atoms with Crippen LogP contribution in [0.1, 0.15) is 36.6 Å². The Morgan fingerprint density at radius 2 is 2.12 bits per heavy atom. The van der Waals surface area contributed by atoms with Crippen molar-refractivity contribution in [3.63, 3.8) is 0 Å². The molecule has 7 heteroatoms. The lowest BCUT2D eigenvalue weighted by Gasteiger charge is -2.36. The highest BCUT2D eigenvalue weighted by Gasteiger charge is 2.25. The molecule has 0 aromatic heterocycles. The van der Waals surface area contributed by atoms with E-state index in [1.807, 2.05) is 0 Å². The van der Waals surface area contributed by atoms with Gasteiger partial charge in [-0.3, -0.25) is 9.79 Å². The first-order valence-corrected chi connectivity index (χ1v) is 8.97. The van der Waals surface area contributed by atoms with E-state index in [1.54, 1.807) is 0 Å². The molecule has 26 heavy (non-hydrogen) atoms. The van der Waals surface area contributed by atoms with Crippen LogP contribution in [-0.2, 0) is 9.53 Å². The zero-order valence-corrected chi connectivity index (χ0v) is 18.5. The molecule has 1 amide bonds. The van der Waals surface area contributed by atoms with Gasteiger partial charge >= 0.3 is 0 Å². The molecule has 1 heterocycles. The Morgan fingerprint density at radius 1 is 1.35 bits per heavy atom. The van der Waals surface area contributed by atoms with Crippen molar-refractivity contribution in [1.29, 1.82) is 0 Å². The Labute approximate surface area is 173 Å². The number of benzene rings is 1. The molecule has 0 spiro atoms. The maximum atomic E-state index is 11.0. The summed E-state index contributed by atoms with van der Waals surface area (Å²) in [4.78, 5) is 17.8. The van der Waals surface area contributed by atoms with Gasteiger partial charge in [-0.05, 0) is 31.9 Å². The molecule has 1 fully saturated rings. The fourth-order valence-corrected chi connectivity index (χ4v) is 3.04. The summed E-state index contributed by atoms with van der Waals surface area (Å²) in [5.74, 6) is 0.854. The van der Waals surface area contributed by atoms with Crippen molar-refractivity contribution < 1.29 is 9.53 Å². The summed E-state index contributed by atoms with van der Waals surface area (Å²) in [5.41, 5.74) is 3.77. The molecule has 6 nitrogen and oxygen atoms in total. The van der Waals surface area contributed by atoms with Crippen molar-refractivity contribution in [3.05, 3.63) is 34.9 Å². The number of carbonyl (C=O) groups excluding carboxylic acids is 1. The lowest BCUT2D eigenvalue weighted by Crippen LogP contribution is -2.48. The van der Waals surface area contributed by atoms with E-state index < -0.39 is 0 Å². The highest BCUT2D eigenvalue weighted by atomic mass is 127. The van der Waals surface area contributed by atoms with Crippen LogP contribution in [0.4, 0.5) is 0 Å². The van der Waals surface area contributed by atoms with Gasteiger partial charge < -0.3 is 20.3 Å². The molecule has 0 radical (unpaired) electrons. The summed E-state index contributed by atoms with van der Waals surface area (Å²) < 4.78 is 6.02. The van der Waals surface area contributed by atoms with Gasteiger partial charge in [0.15, 0.2) is 5.96 Å². The molecule has 146 valence electrons. The van der Waals surface area contributed by atoms with Crippen LogP contribution in [0.5, 0.6) is 0 Å². The summed E-state index contributed by atoms with van der Waals surface area (Å²) in [6.07, 6.45) is 0.0496. The van der Waals surface area contributed by atoms with Gasteiger partial charge in [-0.1, -0.05) is 23.8 Å². The van der Waals surface area contributed by atoms with Crippen molar-refractivity contribution in [2.24, 2.45) is 4.99 Å². The number of nitrogens with zero attached hydrogens (tertiary/aromatic N) is 2. The zero-order valence-electron chi connectivity index (χ0n) is 16.2. The predicted octanol–water partition coefficient (Wildman–Crippen LogP) is 2.40. The van der Waals surface area contributed by atoms with Crippen molar-refractivity contribution >= 4 is 35.8 Å². The molecular formula is C19H31IN4O2. The predicted molar refractivity (Wildman–Crippen MR) is 116 cm³/mol. The van der Waals surface area contributed by atoms with Gasteiger partial charge in [-0.15, -0.1) is 24.0 Å². The molecular weight excluding hydrogens is 443 g/mol. The fraction of sp³-hybridized carbons (Fsp3) is 0.579. The molecule has 0 aliphatic carbocycles. The van der Waals surface area contributed by atoms with E-state index in [9.17, 15) is 4.79 Å². The summed E-state index contributed by atoms with van der Waals surface area (Å²) in [5, 5.41) is 6.12. The topological polar surface area (TPSA) is 66.0 Å². The van der Waals surface area contributed by atoms with Crippen LogP contribution in [0.25, 0.3) is 0 Å². The lowest BCUT2D eigenvalue weighted by atomic mass is 10.00. The second kappa shape index (κ2) is 11.4. The minimum Gasteiger partial charge on any atom is -0.370 e. The third kappa shape index (κ3) is 6.75. The number of halogens is 1. The third-order valence-electron chi connectivity index (χ3n) is 4.22. The number of morpholine rings is 1. The van der Waals surface area contributed by atoms with Crippen molar-refractivity contribution in [2.75, 3.05) is 39.3 Å². The number of ether oxygens (including phenoxy) is 1. The molecule has 1 saturated heterocycles. The SMILES string of the molecule is CCNC(=NCCNC(C)=O)N1CCOC(c2ccc(C)cc2C)C1.I. The van der Waals surface area contributed by atoms with Gasteiger partial charge in [0, 0.05) is 26.6 Å². The van der Waals surface area contributed by atoms with E-state index in [2.05, 4.69) is 59.5 Å². The fourth-order valence-electron chi connectivity index (χ4n) is 3.04. The third-order valence-corrected chi connectivity index (χ3v) is 4.22.